The van der Waals surface area contributed by atoms with Crippen molar-refractivity contribution in [2.45, 2.75) is 25.9 Å². The van der Waals surface area contributed by atoms with E-state index in [1.165, 1.54) is 0 Å². The van der Waals surface area contributed by atoms with E-state index in [9.17, 15) is 9.90 Å². The van der Waals surface area contributed by atoms with Gasteiger partial charge in [-0.15, -0.1) is 11.3 Å². The molecule has 2 heterocycles. The fourth-order valence-corrected chi connectivity index (χ4v) is 3.76. The van der Waals surface area contributed by atoms with E-state index < -0.39 is 5.97 Å². The van der Waals surface area contributed by atoms with Crippen molar-refractivity contribution < 1.29 is 9.90 Å². The number of hydrogen-bond acceptors (Lipinski definition) is 4. The molecule has 0 amide bonds. The first-order valence-corrected chi connectivity index (χ1v) is 7.28. The third-order valence-corrected chi connectivity index (χ3v) is 4.75. The minimum atomic E-state index is -0.717. The van der Waals surface area contributed by atoms with Gasteiger partial charge in [-0.2, -0.15) is 0 Å². The number of carbonyl (C=O) groups is 1. The molecule has 1 aliphatic rings. The molecular weight excluding hydrogens is 260 g/mol. The first-order chi connectivity index (χ1) is 9.15. The van der Waals surface area contributed by atoms with Crippen LogP contribution in [0.2, 0.25) is 0 Å². The molecule has 0 spiro atoms. The van der Waals surface area contributed by atoms with Gasteiger partial charge in [0.1, 0.15) is 11.0 Å². The third-order valence-electron chi connectivity index (χ3n) is 3.73. The van der Waals surface area contributed by atoms with Gasteiger partial charge in [0.15, 0.2) is 0 Å². The molecule has 19 heavy (non-hydrogen) atoms. The van der Waals surface area contributed by atoms with Gasteiger partial charge in [-0.25, -0.2) is 4.98 Å². The lowest BCUT2D eigenvalue weighted by Crippen LogP contribution is -2.38. The third kappa shape index (κ3) is 2.35. The van der Waals surface area contributed by atoms with Crippen LogP contribution < -0.4 is 0 Å². The largest absolute Gasteiger partial charge is 0.480 e. The summed E-state index contributed by atoms with van der Waals surface area (Å²) in [7, 11) is 0. The van der Waals surface area contributed by atoms with E-state index in [1.807, 2.05) is 30.0 Å². The molecule has 0 saturated carbocycles. The molecule has 5 heteroatoms. The predicted molar refractivity (Wildman–Crippen MR) is 75.2 cm³/mol. The van der Waals surface area contributed by atoms with Gasteiger partial charge in [0.05, 0.1) is 16.8 Å². The Balaban J connectivity index is 1.82. The van der Waals surface area contributed by atoms with Gasteiger partial charge in [-0.3, -0.25) is 9.69 Å². The van der Waals surface area contributed by atoms with Gasteiger partial charge in [-0.1, -0.05) is 19.1 Å². The van der Waals surface area contributed by atoms with Gasteiger partial charge in [0.25, 0.3) is 0 Å². The van der Waals surface area contributed by atoms with Gasteiger partial charge >= 0.3 is 5.97 Å². The van der Waals surface area contributed by atoms with Crippen LogP contribution in [-0.2, 0) is 11.3 Å². The summed E-state index contributed by atoms with van der Waals surface area (Å²) in [5.41, 5.74) is 1.00. The second-order valence-electron chi connectivity index (χ2n) is 5.09. The van der Waals surface area contributed by atoms with Crippen molar-refractivity contribution in [3.63, 3.8) is 0 Å². The van der Waals surface area contributed by atoms with Gasteiger partial charge < -0.3 is 5.11 Å². The van der Waals surface area contributed by atoms with Gasteiger partial charge in [0, 0.05) is 0 Å². The van der Waals surface area contributed by atoms with E-state index in [4.69, 9.17) is 0 Å². The maximum atomic E-state index is 11.3. The zero-order chi connectivity index (χ0) is 13.4. The number of aromatic nitrogens is 1. The van der Waals surface area contributed by atoms with E-state index in [0.29, 0.717) is 6.54 Å². The highest BCUT2D eigenvalue weighted by Gasteiger charge is 2.36. The second-order valence-corrected chi connectivity index (χ2v) is 6.21. The molecule has 2 atom stereocenters. The lowest BCUT2D eigenvalue weighted by atomic mass is 10.0. The highest BCUT2D eigenvalue weighted by Crippen LogP contribution is 2.28. The van der Waals surface area contributed by atoms with Crippen molar-refractivity contribution in [2.24, 2.45) is 5.92 Å². The normalized spacial score (nSPS) is 24.1. The number of aliphatic carboxylic acids is 1. The molecule has 1 aliphatic heterocycles. The number of likely N-dealkylation sites (tertiary alicyclic amines) is 1. The highest BCUT2D eigenvalue weighted by atomic mass is 32.1. The molecule has 1 N–H and O–H groups in total. The summed E-state index contributed by atoms with van der Waals surface area (Å²) in [4.78, 5) is 17.9. The molecule has 4 nitrogen and oxygen atoms in total. The minimum Gasteiger partial charge on any atom is -0.480 e. The van der Waals surface area contributed by atoms with Crippen LogP contribution in [0.3, 0.4) is 0 Å². The molecule has 0 bridgehead atoms. The SMILES string of the molecule is CC1CCN(Cc2nc3ccccc3s2)C1C(=O)O. The average molecular weight is 276 g/mol. The van der Waals surface area contributed by atoms with Gasteiger partial charge in [-0.05, 0) is 31.0 Å². The predicted octanol–water partition coefficient (Wildman–Crippen LogP) is 2.59. The highest BCUT2D eigenvalue weighted by molar-refractivity contribution is 7.18. The minimum absolute atomic E-state index is 0.215. The Morgan fingerprint density at radius 2 is 2.32 bits per heavy atom. The van der Waals surface area contributed by atoms with E-state index in [1.54, 1.807) is 11.3 Å². The molecule has 0 radical (unpaired) electrons. The summed E-state index contributed by atoms with van der Waals surface area (Å²) in [6.45, 7) is 3.49. The molecule has 1 saturated heterocycles. The summed E-state index contributed by atoms with van der Waals surface area (Å²) in [6.07, 6.45) is 0.946. The van der Waals surface area contributed by atoms with Crippen molar-refractivity contribution in [1.82, 2.24) is 9.88 Å². The quantitative estimate of drug-likeness (QED) is 0.936. The molecule has 1 fully saturated rings. The van der Waals surface area contributed by atoms with Gasteiger partial charge in [0.2, 0.25) is 0 Å². The summed E-state index contributed by atoms with van der Waals surface area (Å²) in [5, 5.41) is 10.3. The summed E-state index contributed by atoms with van der Waals surface area (Å²) < 4.78 is 1.16. The number of rotatable bonds is 3. The number of carboxylic acids is 1. The Kier molecular flexibility index (Phi) is 3.24. The van der Waals surface area contributed by atoms with E-state index in [-0.39, 0.29) is 12.0 Å². The van der Waals surface area contributed by atoms with Crippen molar-refractivity contribution in [3.05, 3.63) is 29.3 Å². The number of para-hydroxylation sites is 1. The molecule has 100 valence electrons. The lowest BCUT2D eigenvalue weighted by Gasteiger charge is -2.21. The van der Waals surface area contributed by atoms with Crippen molar-refractivity contribution in [3.8, 4) is 0 Å². The van der Waals surface area contributed by atoms with E-state index >= 15 is 0 Å². The van der Waals surface area contributed by atoms with Crippen LogP contribution in [0, 0.1) is 5.92 Å². The van der Waals surface area contributed by atoms with Crippen molar-refractivity contribution >= 4 is 27.5 Å². The molecular formula is C14H16N2O2S. The monoisotopic (exact) mass is 276 g/mol. The molecule has 1 aromatic carbocycles. The van der Waals surface area contributed by atoms with Crippen LogP contribution in [-0.4, -0.2) is 33.5 Å². The Morgan fingerprint density at radius 1 is 1.53 bits per heavy atom. The fraction of sp³-hybridized carbons (Fsp3) is 0.429. The van der Waals surface area contributed by atoms with Crippen molar-refractivity contribution in [2.75, 3.05) is 6.54 Å². The van der Waals surface area contributed by atoms with Crippen LogP contribution in [0.25, 0.3) is 10.2 Å². The molecule has 1 aromatic heterocycles. The fourth-order valence-electron chi connectivity index (χ4n) is 2.76. The summed E-state index contributed by atoms with van der Waals surface area (Å²) in [5.74, 6) is -0.502. The number of thiazole rings is 1. The maximum Gasteiger partial charge on any atom is 0.321 e. The average Bonchev–Trinajstić information content (AvgIpc) is 2.92. The Bertz CT molecular complexity index is 577. The Labute approximate surface area is 115 Å². The summed E-state index contributed by atoms with van der Waals surface area (Å²) in [6, 6.07) is 7.66. The first kappa shape index (κ1) is 12.6. The maximum absolute atomic E-state index is 11.3. The number of hydrogen-bond donors (Lipinski definition) is 1. The Morgan fingerprint density at radius 3 is 3.05 bits per heavy atom. The molecule has 0 aliphatic carbocycles. The van der Waals surface area contributed by atoms with Crippen LogP contribution in [0.5, 0.6) is 0 Å². The number of carboxylic acid groups (broad SMARTS) is 1. The molecule has 3 rings (SSSR count). The van der Waals surface area contributed by atoms with E-state index in [0.717, 1.165) is 28.2 Å². The number of benzene rings is 1. The summed E-state index contributed by atoms with van der Waals surface area (Å²) >= 11 is 1.65. The molecule has 2 unspecified atom stereocenters. The first-order valence-electron chi connectivity index (χ1n) is 6.46. The zero-order valence-electron chi connectivity index (χ0n) is 10.7. The van der Waals surface area contributed by atoms with Crippen LogP contribution in [0.1, 0.15) is 18.4 Å². The standard InChI is InChI=1S/C14H16N2O2S/c1-9-6-7-16(13(9)14(17)18)8-12-15-10-4-2-3-5-11(10)19-12/h2-5,9,13H,6-8H2,1H3,(H,17,18). The lowest BCUT2D eigenvalue weighted by molar-refractivity contribution is -0.143. The van der Waals surface area contributed by atoms with Crippen LogP contribution in [0.4, 0.5) is 0 Å². The van der Waals surface area contributed by atoms with E-state index in [2.05, 4.69) is 11.1 Å². The number of nitrogens with zero attached hydrogens (tertiary/aromatic N) is 2. The topological polar surface area (TPSA) is 53.4 Å². The van der Waals surface area contributed by atoms with Crippen molar-refractivity contribution in [1.29, 1.82) is 0 Å². The zero-order valence-corrected chi connectivity index (χ0v) is 11.6. The second kappa shape index (κ2) is 4.90. The Hall–Kier alpha value is -1.46. The smallest absolute Gasteiger partial charge is 0.321 e. The number of fused-ring (bicyclic) bond motifs is 1. The van der Waals surface area contributed by atoms with Crippen LogP contribution >= 0.6 is 11.3 Å². The molecule has 2 aromatic rings. The van der Waals surface area contributed by atoms with Crippen LogP contribution in [0.15, 0.2) is 24.3 Å².